The van der Waals surface area contributed by atoms with Crippen LogP contribution in [0.4, 0.5) is 10.5 Å². The van der Waals surface area contributed by atoms with Gasteiger partial charge in [0.2, 0.25) is 0 Å². The van der Waals surface area contributed by atoms with Crippen molar-refractivity contribution in [3.05, 3.63) is 125 Å². The summed E-state index contributed by atoms with van der Waals surface area (Å²) < 4.78 is 5.88. The molecule has 0 saturated carbocycles. The molecule has 0 spiro atoms. The summed E-state index contributed by atoms with van der Waals surface area (Å²) in [6, 6.07) is 29.6. The number of rotatable bonds is 4. The Morgan fingerprint density at radius 3 is 1.80 bits per heavy atom. The fourth-order valence-electron chi connectivity index (χ4n) is 6.07. The number of benzene rings is 4. The number of hydroxylamine groups is 2. The molecule has 41 heavy (non-hydrogen) atoms. The van der Waals surface area contributed by atoms with Crippen LogP contribution in [0, 0.1) is 0 Å². The predicted octanol–water partition coefficient (Wildman–Crippen LogP) is 5.68. The first-order valence-electron chi connectivity index (χ1n) is 13.4. The number of para-hydroxylation sites is 1. The number of fused-ring (bicyclic) bond motifs is 5. The standard InChI is InChI=1S/C33H24N2O6/c36-30-25-14-5-6-15-26(25)31(37)35(30)41-32(38)27-17-18-34(29-16-8-7-13-24(27)29)33(39)40-19-28-22-11-3-1-9-20(22)21-10-2-4-12-23(21)28/h1-16,27-28H,17-19H2. The lowest BCUT2D eigenvalue weighted by atomic mass is 9.90. The highest BCUT2D eigenvalue weighted by Gasteiger charge is 2.42. The fourth-order valence-corrected chi connectivity index (χ4v) is 6.07. The highest BCUT2D eigenvalue weighted by molar-refractivity contribution is 6.21. The van der Waals surface area contributed by atoms with Crippen LogP contribution in [0.2, 0.25) is 0 Å². The van der Waals surface area contributed by atoms with Crippen LogP contribution in [0.1, 0.15) is 55.7 Å². The summed E-state index contributed by atoms with van der Waals surface area (Å²) in [6.07, 6.45) is -0.269. The zero-order chi connectivity index (χ0) is 28.1. The lowest BCUT2D eigenvalue weighted by Gasteiger charge is -2.33. The largest absolute Gasteiger partial charge is 0.448 e. The molecule has 8 nitrogen and oxygen atoms in total. The Kier molecular flexibility index (Phi) is 5.89. The van der Waals surface area contributed by atoms with Crippen molar-refractivity contribution in [3.63, 3.8) is 0 Å². The molecule has 0 N–H and O–H groups in total. The van der Waals surface area contributed by atoms with E-state index in [1.165, 1.54) is 17.0 Å². The Morgan fingerprint density at radius 1 is 0.683 bits per heavy atom. The highest BCUT2D eigenvalue weighted by atomic mass is 16.7. The molecular weight excluding hydrogens is 520 g/mol. The lowest BCUT2D eigenvalue weighted by Crippen LogP contribution is -2.41. The molecule has 0 fully saturated rings. The number of imide groups is 1. The number of carbonyl (C=O) groups is 4. The second-order valence-electron chi connectivity index (χ2n) is 10.2. The summed E-state index contributed by atoms with van der Waals surface area (Å²) in [5.74, 6) is -2.94. The van der Waals surface area contributed by atoms with Crippen LogP contribution < -0.4 is 4.90 Å². The van der Waals surface area contributed by atoms with Gasteiger partial charge in [-0.05, 0) is 52.4 Å². The minimum atomic E-state index is -0.770. The van der Waals surface area contributed by atoms with Crippen LogP contribution >= 0.6 is 0 Å². The molecule has 0 radical (unpaired) electrons. The van der Waals surface area contributed by atoms with Crippen LogP contribution in [-0.2, 0) is 14.4 Å². The average Bonchev–Trinajstić information content (AvgIpc) is 3.46. The zero-order valence-electron chi connectivity index (χ0n) is 21.9. The maximum atomic E-state index is 13.4. The van der Waals surface area contributed by atoms with Gasteiger partial charge in [-0.1, -0.05) is 83.9 Å². The smallest absolute Gasteiger partial charge is 0.414 e. The summed E-state index contributed by atoms with van der Waals surface area (Å²) in [5, 5.41) is 0.521. The Morgan fingerprint density at radius 2 is 1.20 bits per heavy atom. The third-order valence-corrected chi connectivity index (χ3v) is 8.02. The van der Waals surface area contributed by atoms with Crippen molar-refractivity contribution >= 4 is 29.6 Å². The Labute approximate surface area is 235 Å². The molecule has 4 aromatic carbocycles. The van der Waals surface area contributed by atoms with Crippen LogP contribution in [0.15, 0.2) is 97.1 Å². The van der Waals surface area contributed by atoms with E-state index in [1.54, 1.807) is 36.4 Å². The summed E-state index contributed by atoms with van der Waals surface area (Å²) in [7, 11) is 0. The van der Waals surface area contributed by atoms with Crippen molar-refractivity contribution in [1.29, 1.82) is 0 Å². The van der Waals surface area contributed by atoms with Gasteiger partial charge >= 0.3 is 12.1 Å². The van der Waals surface area contributed by atoms with E-state index in [9.17, 15) is 19.2 Å². The van der Waals surface area contributed by atoms with Gasteiger partial charge in [-0.3, -0.25) is 14.5 Å². The molecule has 4 aromatic rings. The first kappa shape index (κ1) is 24.8. The van der Waals surface area contributed by atoms with Crippen molar-refractivity contribution in [2.45, 2.75) is 18.3 Å². The average molecular weight is 545 g/mol. The van der Waals surface area contributed by atoms with Gasteiger partial charge in [0.1, 0.15) is 6.61 Å². The number of carbonyl (C=O) groups excluding carboxylic acids is 4. The molecule has 1 atom stereocenters. The van der Waals surface area contributed by atoms with Gasteiger partial charge in [-0.2, -0.15) is 0 Å². The van der Waals surface area contributed by atoms with Gasteiger partial charge in [0.05, 0.1) is 22.7 Å². The van der Waals surface area contributed by atoms with E-state index in [-0.39, 0.29) is 36.6 Å². The highest BCUT2D eigenvalue weighted by Crippen LogP contribution is 2.45. The summed E-state index contributed by atoms with van der Waals surface area (Å²) in [4.78, 5) is 59.0. The van der Waals surface area contributed by atoms with Gasteiger partial charge in [0.15, 0.2) is 0 Å². The van der Waals surface area contributed by atoms with E-state index in [0.29, 0.717) is 16.3 Å². The van der Waals surface area contributed by atoms with Gasteiger partial charge in [0, 0.05) is 12.5 Å². The van der Waals surface area contributed by atoms with Crippen LogP contribution in [0.5, 0.6) is 0 Å². The third-order valence-electron chi connectivity index (χ3n) is 8.02. The molecule has 3 aliphatic rings. The molecule has 202 valence electrons. The van der Waals surface area contributed by atoms with Gasteiger partial charge in [0.25, 0.3) is 11.8 Å². The van der Waals surface area contributed by atoms with Crippen molar-refractivity contribution in [2.75, 3.05) is 18.1 Å². The SMILES string of the molecule is O=C(ON1C(=O)c2ccccc2C1=O)C1CCN(C(=O)OCC2c3ccccc3-c3ccccc32)c2ccccc21. The molecule has 2 aliphatic heterocycles. The molecule has 1 aliphatic carbocycles. The Hall–Kier alpha value is -5.24. The van der Waals surface area contributed by atoms with E-state index < -0.39 is 29.8 Å². The van der Waals surface area contributed by atoms with Crippen LogP contribution in [0.3, 0.4) is 0 Å². The molecule has 0 bridgehead atoms. The van der Waals surface area contributed by atoms with Crippen LogP contribution in [-0.4, -0.2) is 42.1 Å². The lowest BCUT2D eigenvalue weighted by molar-refractivity contribution is -0.170. The number of anilines is 1. The molecule has 7 rings (SSSR count). The number of nitrogens with zero attached hydrogens (tertiary/aromatic N) is 2. The Bertz CT molecular complexity index is 1670. The number of hydrogen-bond acceptors (Lipinski definition) is 6. The van der Waals surface area contributed by atoms with E-state index >= 15 is 0 Å². The normalized spacial score (nSPS) is 17.0. The Balaban J connectivity index is 1.08. The molecular formula is C33H24N2O6. The molecule has 0 saturated heterocycles. The maximum Gasteiger partial charge on any atom is 0.414 e. The first-order valence-corrected chi connectivity index (χ1v) is 13.4. The van der Waals surface area contributed by atoms with Crippen LogP contribution in [0.25, 0.3) is 11.1 Å². The van der Waals surface area contributed by atoms with Crippen molar-refractivity contribution in [2.24, 2.45) is 0 Å². The van der Waals surface area contributed by atoms with E-state index in [4.69, 9.17) is 9.57 Å². The number of ether oxygens (including phenoxy) is 1. The van der Waals surface area contributed by atoms with Crippen molar-refractivity contribution in [1.82, 2.24) is 5.06 Å². The molecule has 1 unspecified atom stereocenters. The van der Waals surface area contributed by atoms with Crippen molar-refractivity contribution < 1.29 is 28.8 Å². The monoisotopic (exact) mass is 544 g/mol. The summed E-state index contributed by atoms with van der Waals surface area (Å²) in [5.41, 5.74) is 6.01. The van der Waals surface area contributed by atoms with E-state index in [2.05, 4.69) is 24.3 Å². The molecule has 2 heterocycles. The number of hydrogen-bond donors (Lipinski definition) is 0. The second-order valence-corrected chi connectivity index (χ2v) is 10.2. The number of amides is 3. The van der Waals surface area contributed by atoms with Crippen molar-refractivity contribution in [3.8, 4) is 11.1 Å². The molecule has 3 amide bonds. The third kappa shape index (κ3) is 3.98. The minimum absolute atomic E-state index is 0.0752. The maximum absolute atomic E-state index is 13.4. The predicted molar refractivity (Wildman–Crippen MR) is 149 cm³/mol. The summed E-state index contributed by atoms with van der Waals surface area (Å²) in [6.45, 7) is 0.381. The molecule has 0 aromatic heterocycles. The zero-order valence-corrected chi connectivity index (χ0v) is 21.9. The first-order chi connectivity index (χ1) is 20.0. The van der Waals surface area contributed by atoms with Gasteiger partial charge in [-0.25, -0.2) is 9.59 Å². The topological polar surface area (TPSA) is 93.2 Å². The molecule has 8 heteroatoms. The van der Waals surface area contributed by atoms with E-state index in [1.807, 2.05) is 24.3 Å². The van der Waals surface area contributed by atoms with Gasteiger partial charge in [-0.15, -0.1) is 0 Å². The quantitative estimate of drug-likeness (QED) is 0.307. The minimum Gasteiger partial charge on any atom is -0.448 e. The fraction of sp³-hybridized carbons (Fsp3) is 0.152. The second kappa shape index (κ2) is 9.75. The van der Waals surface area contributed by atoms with Gasteiger partial charge < -0.3 is 9.57 Å². The van der Waals surface area contributed by atoms with E-state index in [0.717, 1.165) is 22.3 Å². The summed E-state index contributed by atoms with van der Waals surface area (Å²) >= 11 is 0.